The first-order valence-corrected chi connectivity index (χ1v) is 8.12. The van der Waals surface area contributed by atoms with Crippen molar-refractivity contribution in [3.8, 4) is 0 Å². The fraction of sp³-hybridized carbons (Fsp3) is 0.368. The van der Waals surface area contributed by atoms with E-state index in [0.717, 1.165) is 36.4 Å². The zero-order chi connectivity index (χ0) is 15.1. The second kappa shape index (κ2) is 8.21. The maximum Gasteiger partial charge on any atom is 0.0437 e. The van der Waals surface area contributed by atoms with Crippen LogP contribution in [0.15, 0.2) is 48.5 Å². The van der Waals surface area contributed by atoms with Gasteiger partial charge in [-0.1, -0.05) is 61.0 Å². The van der Waals surface area contributed by atoms with Gasteiger partial charge in [-0.05, 0) is 55.5 Å². The van der Waals surface area contributed by atoms with Gasteiger partial charge in [-0.3, -0.25) is 0 Å². The van der Waals surface area contributed by atoms with E-state index in [-0.39, 0.29) is 0 Å². The Balaban J connectivity index is 2.03. The largest absolute Gasteiger partial charge is 0.310 e. The molecule has 1 atom stereocenters. The normalized spacial score (nSPS) is 12.3. The standard InChI is InChI=1S/C19H24ClN/c1-3-13-21-19(17-7-5-4-6-8-17)12-11-16-10-9-15(2)18(20)14-16/h4-10,14,19,21H,3,11-13H2,1-2H3. The van der Waals surface area contributed by atoms with E-state index in [9.17, 15) is 0 Å². The van der Waals surface area contributed by atoms with Gasteiger partial charge in [0.25, 0.3) is 0 Å². The van der Waals surface area contributed by atoms with Crippen molar-refractivity contribution in [3.63, 3.8) is 0 Å². The first-order valence-electron chi connectivity index (χ1n) is 7.74. The van der Waals surface area contributed by atoms with Crippen molar-refractivity contribution in [1.29, 1.82) is 0 Å². The van der Waals surface area contributed by atoms with Crippen molar-refractivity contribution >= 4 is 11.6 Å². The van der Waals surface area contributed by atoms with Crippen molar-refractivity contribution in [2.75, 3.05) is 6.54 Å². The molecule has 1 unspecified atom stereocenters. The van der Waals surface area contributed by atoms with Crippen molar-refractivity contribution < 1.29 is 0 Å². The Morgan fingerprint density at radius 2 is 1.86 bits per heavy atom. The number of hydrogen-bond donors (Lipinski definition) is 1. The van der Waals surface area contributed by atoms with Gasteiger partial charge in [-0.15, -0.1) is 0 Å². The zero-order valence-electron chi connectivity index (χ0n) is 12.9. The van der Waals surface area contributed by atoms with Crippen LogP contribution in [-0.4, -0.2) is 6.54 Å². The van der Waals surface area contributed by atoms with Crippen LogP contribution in [0, 0.1) is 6.92 Å². The maximum atomic E-state index is 6.21. The molecule has 0 aliphatic carbocycles. The lowest BCUT2D eigenvalue weighted by Gasteiger charge is -2.19. The summed E-state index contributed by atoms with van der Waals surface area (Å²) in [4.78, 5) is 0. The van der Waals surface area contributed by atoms with Crippen LogP contribution in [0.2, 0.25) is 5.02 Å². The molecule has 2 aromatic carbocycles. The number of aryl methyl sites for hydroxylation is 2. The molecule has 112 valence electrons. The molecule has 0 aromatic heterocycles. The van der Waals surface area contributed by atoms with Crippen LogP contribution < -0.4 is 5.32 Å². The van der Waals surface area contributed by atoms with Gasteiger partial charge in [0.1, 0.15) is 0 Å². The Morgan fingerprint density at radius 1 is 1.10 bits per heavy atom. The monoisotopic (exact) mass is 301 g/mol. The fourth-order valence-corrected chi connectivity index (χ4v) is 2.70. The topological polar surface area (TPSA) is 12.0 Å². The van der Waals surface area contributed by atoms with Gasteiger partial charge in [-0.2, -0.15) is 0 Å². The molecule has 0 radical (unpaired) electrons. The molecule has 0 fully saturated rings. The lowest BCUT2D eigenvalue weighted by Crippen LogP contribution is -2.22. The Kier molecular flexibility index (Phi) is 6.28. The molecule has 21 heavy (non-hydrogen) atoms. The number of nitrogens with one attached hydrogen (secondary N) is 1. The van der Waals surface area contributed by atoms with Gasteiger partial charge < -0.3 is 5.32 Å². The molecular weight excluding hydrogens is 278 g/mol. The average molecular weight is 302 g/mol. The molecule has 2 heteroatoms. The zero-order valence-corrected chi connectivity index (χ0v) is 13.7. The number of hydrogen-bond acceptors (Lipinski definition) is 1. The number of benzene rings is 2. The highest BCUT2D eigenvalue weighted by Crippen LogP contribution is 2.22. The van der Waals surface area contributed by atoms with E-state index in [1.54, 1.807) is 0 Å². The highest BCUT2D eigenvalue weighted by molar-refractivity contribution is 6.31. The van der Waals surface area contributed by atoms with Crippen LogP contribution >= 0.6 is 11.6 Å². The molecule has 0 spiro atoms. The van der Waals surface area contributed by atoms with E-state index in [4.69, 9.17) is 11.6 Å². The Hall–Kier alpha value is -1.31. The summed E-state index contributed by atoms with van der Waals surface area (Å²) in [5, 5.41) is 4.51. The van der Waals surface area contributed by atoms with Gasteiger partial charge in [-0.25, -0.2) is 0 Å². The first-order chi connectivity index (χ1) is 10.2. The van der Waals surface area contributed by atoms with E-state index in [1.165, 1.54) is 11.1 Å². The van der Waals surface area contributed by atoms with Crippen molar-refractivity contribution in [1.82, 2.24) is 5.32 Å². The number of rotatable bonds is 7. The minimum absolute atomic E-state index is 0.409. The van der Waals surface area contributed by atoms with Crippen molar-refractivity contribution in [3.05, 3.63) is 70.2 Å². The summed E-state index contributed by atoms with van der Waals surface area (Å²) in [6, 6.07) is 17.5. The van der Waals surface area contributed by atoms with Crippen LogP contribution in [-0.2, 0) is 6.42 Å². The number of halogens is 1. The minimum atomic E-state index is 0.409. The molecule has 0 saturated heterocycles. The summed E-state index contributed by atoms with van der Waals surface area (Å²) in [7, 11) is 0. The van der Waals surface area contributed by atoms with Gasteiger partial charge in [0, 0.05) is 11.1 Å². The smallest absolute Gasteiger partial charge is 0.0437 e. The molecule has 0 aliphatic rings. The van der Waals surface area contributed by atoms with Crippen molar-refractivity contribution in [2.45, 2.75) is 39.2 Å². The molecule has 1 N–H and O–H groups in total. The molecule has 0 bridgehead atoms. The van der Waals surface area contributed by atoms with E-state index in [1.807, 2.05) is 6.92 Å². The molecule has 2 rings (SSSR count). The van der Waals surface area contributed by atoms with Crippen LogP contribution in [0.25, 0.3) is 0 Å². The van der Waals surface area contributed by atoms with E-state index in [2.05, 4.69) is 60.8 Å². The summed E-state index contributed by atoms with van der Waals surface area (Å²) < 4.78 is 0. The Morgan fingerprint density at radius 3 is 2.52 bits per heavy atom. The molecule has 0 heterocycles. The second-order valence-electron chi connectivity index (χ2n) is 5.54. The SMILES string of the molecule is CCCNC(CCc1ccc(C)c(Cl)c1)c1ccccc1. The highest BCUT2D eigenvalue weighted by Gasteiger charge is 2.10. The third-order valence-corrected chi connectivity index (χ3v) is 4.21. The van der Waals surface area contributed by atoms with Gasteiger partial charge in [0.15, 0.2) is 0 Å². The third-order valence-electron chi connectivity index (χ3n) is 3.80. The summed E-state index contributed by atoms with van der Waals surface area (Å²) in [5.41, 5.74) is 3.82. The van der Waals surface area contributed by atoms with Crippen molar-refractivity contribution in [2.24, 2.45) is 0 Å². The first kappa shape index (κ1) is 16.1. The molecule has 1 nitrogen and oxygen atoms in total. The predicted octanol–water partition coefficient (Wildman–Crippen LogP) is 5.32. The van der Waals surface area contributed by atoms with E-state index in [0.29, 0.717) is 6.04 Å². The van der Waals surface area contributed by atoms with Crippen LogP contribution in [0.3, 0.4) is 0 Å². The highest BCUT2D eigenvalue weighted by atomic mass is 35.5. The lowest BCUT2D eigenvalue weighted by atomic mass is 9.98. The van der Waals surface area contributed by atoms with Crippen LogP contribution in [0.4, 0.5) is 0 Å². The Bertz CT molecular complexity index is 551. The van der Waals surface area contributed by atoms with Crippen LogP contribution in [0.1, 0.15) is 42.5 Å². The van der Waals surface area contributed by atoms with Gasteiger partial charge >= 0.3 is 0 Å². The molecule has 0 amide bonds. The quantitative estimate of drug-likeness (QED) is 0.729. The fourth-order valence-electron chi connectivity index (χ4n) is 2.49. The predicted molar refractivity (Wildman–Crippen MR) is 92.0 cm³/mol. The summed E-state index contributed by atoms with van der Waals surface area (Å²) in [6.07, 6.45) is 3.28. The van der Waals surface area contributed by atoms with E-state index < -0.39 is 0 Å². The third kappa shape index (κ3) is 4.87. The van der Waals surface area contributed by atoms with Gasteiger partial charge in [0.05, 0.1) is 0 Å². The molecule has 0 aliphatic heterocycles. The average Bonchev–Trinajstić information content (AvgIpc) is 2.51. The molecule has 0 saturated carbocycles. The minimum Gasteiger partial charge on any atom is -0.310 e. The maximum absolute atomic E-state index is 6.21. The Labute approximate surface area is 133 Å². The lowest BCUT2D eigenvalue weighted by molar-refractivity contribution is 0.499. The summed E-state index contributed by atoms with van der Waals surface area (Å²) in [5.74, 6) is 0. The summed E-state index contributed by atoms with van der Waals surface area (Å²) in [6.45, 7) is 5.30. The molecular formula is C19H24ClN. The van der Waals surface area contributed by atoms with Gasteiger partial charge in [0.2, 0.25) is 0 Å². The second-order valence-corrected chi connectivity index (χ2v) is 5.95. The summed E-state index contributed by atoms with van der Waals surface area (Å²) >= 11 is 6.21. The molecule has 2 aromatic rings. The van der Waals surface area contributed by atoms with Crippen LogP contribution in [0.5, 0.6) is 0 Å². The van der Waals surface area contributed by atoms with E-state index >= 15 is 0 Å².